The highest BCUT2D eigenvalue weighted by Gasteiger charge is 2.69. The first-order valence-corrected chi connectivity index (χ1v) is 23.4. The van der Waals surface area contributed by atoms with Gasteiger partial charge in [-0.3, -0.25) is 0 Å². The molecule has 0 aromatic carbocycles. The van der Waals surface area contributed by atoms with Gasteiger partial charge in [-0.05, 0) is 87.4 Å². The van der Waals surface area contributed by atoms with Crippen molar-refractivity contribution in [3.8, 4) is 0 Å². The second-order valence-corrected chi connectivity index (χ2v) is 21.1. The summed E-state index contributed by atoms with van der Waals surface area (Å²) in [5, 5.41) is 118. The van der Waals surface area contributed by atoms with Gasteiger partial charge in [0.2, 0.25) is 0 Å². The van der Waals surface area contributed by atoms with Gasteiger partial charge < -0.3 is 89.3 Å². The first kappa shape index (κ1) is 48.5. The number of fused-ring (bicyclic) bond motifs is 7. The van der Waals surface area contributed by atoms with Crippen molar-refractivity contribution in [3.05, 3.63) is 11.6 Å². The number of ether oxygens (including phenoxy) is 7. The maximum Gasteiger partial charge on any atom is 0.187 e. The molecule has 4 aliphatic heterocycles. The molecule has 0 radical (unpaired) electrons. The lowest BCUT2D eigenvalue weighted by atomic mass is 9.46. The fourth-order valence-corrected chi connectivity index (χ4v) is 13.6. The van der Waals surface area contributed by atoms with E-state index >= 15 is 0 Å². The lowest BCUT2D eigenvalue weighted by molar-refractivity contribution is -0.374. The summed E-state index contributed by atoms with van der Waals surface area (Å²) in [5.41, 5.74) is 0.341. The molecule has 11 N–H and O–H groups in total. The van der Waals surface area contributed by atoms with Crippen LogP contribution in [0.25, 0.3) is 0 Å². The van der Waals surface area contributed by atoms with Gasteiger partial charge in [-0.2, -0.15) is 0 Å². The molecule has 8 aliphatic rings. The van der Waals surface area contributed by atoms with Gasteiger partial charge in [-0.25, -0.2) is 0 Å². The Bertz CT molecular complexity index is 1620. The van der Waals surface area contributed by atoms with Crippen molar-refractivity contribution >= 4 is 0 Å². The van der Waals surface area contributed by atoms with E-state index in [2.05, 4.69) is 26.8 Å². The molecule has 0 aromatic rings. The average molecular weight is 903 g/mol. The molecule has 3 unspecified atom stereocenters. The Morgan fingerprint density at radius 3 is 2.08 bits per heavy atom. The Kier molecular flexibility index (Phi) is 14.0. The van der Waals surface area contributed by atoms with E-state index in [-0.39, 0.29) is 60.1 Å². The molecule has 0 bridgehead atoms. The number of rotatable bonds is 11. The summed E-state index contributed by atoms with van der Waals surface area (Å²) < 4.78 is 42.8. The van der Waals surface area contributed by atoms with Gasteiger partial charge in [0, 0.05) is 24.2 Å². The topological polar surface area (TPSA) is 287 Å². The van der Waals surface area contributed by atoms with Crippen LogP contribution in [0.2, 0.25) is 0 Å². The van der Waals surface area contributed by atoms with Crippen molar-refractivity contribution in [3.63, 3.8) is 0 Å². The SMILES string of the molecule is C[C@H](CC[C@]1(O)O[C@H]2CC3C4CC=C5C[C@@H](O)C[C@@H](O[C@@H]6O[C@H](CO)[C@H](O)[C@H](O)[C@H]6O[C@H]6O[C@H](C)[C@@H](O)[C@H](O)[C@@H]6O)[C@]5(C)C4CC[C@]3(C)[C@H]2[C@@H]1C)CO[C@@H]1O[C@@H](C)[C@H](O)[C@@H](O)[C@H]1O. The maximum absolute atomic E-state index is 12.1. The molecule has 3 saturated carbocycles. The summed E-state index contributed by atoms with van der Waals surface area (Å²) in [6, 6.07) is 0. The van der Waals surface area contributed by atoms with Crippen molar-refractivity contribution in [1.82, 2.24) is 0 Å². The molecule has 0 aromatic heterocycles. The number of aliphatic hydroxyl groups is 11. The van der Waals surface area contributed by atoms with E-state index in [1.54, 1.807) is 6.92 Å². The van der Waals surface area contributed by atoms with E-state index in [4.69, 9.17) is 33.2 Å². The number of aliphatic hydroxyl groups excluding tert-OH is 10. The van der Waals surface area contributed by atoms with Crippen molar-refractivity contribution in [1.29, 1.82) is 0 Å². The zero-order chi connectivity index (χ0) is 45.7. The van der Waals surface area contributed by atoms with Crippen molar-refractivity contribution in [2.24, 2.45) is 46.3 Å². The second kappa shape index (κ2) is 18.2. The predicted octanol–water partition coefficient (Wildman–Crippen LogP) is -0.833. The summed E-state index contributed by atoms with van der Waals surface area (Å²) in [7, 11) is 0. The van der Waals surface area contributed by atoms with Gasteiger partial charge in [-0.1, -0.05) is 39.3 Å². The standard InChI is InChI=1S/C45H74O18/c1-18(17-57-40-37(54)34(51)31(48)20(3)58-40)9-12-45(56)19(2)30-27(63-45)15-26-24-8-7-22-13-23(47)14-29(44(22,6)25(24)10-11-43(26,30)5)61-42-39(36(53)33(50)28(16-46)60-42)62-41-38(55)35(52)32(49)21(4)59-41/h7,18-21,23-42,46-56H,8-17H2,1-6H3/t18-,19+,20+,21-,23-,24?,25?,26?,27+,28-,29-,30+,31+,32-,33+,34-,35+,36+,37-,38+,39-,40-,41-,42+,43+,44+,45+/m1/s1. The van der Waals surface area contributed by atoms with Crippen molar-refractivity contribution in [2.45, 2.75) is 209 Å². The minimum absolute atomic E-state index is 0.0335. The van der Waals surface area contributed by atoms with Gasteiger partial charge in [-0.15, -0.1) is 0 Å². The lowest BCUT2D eigenvalue weighted by Crippen LogP contribution is -2.65. The predicted molar refractivity (Wildman–Crippen MR) is 218 cm³/mol. The van der Waals surface area contributed by atoms with E-state index in [0.29, 0.717) is 19.3 Å². The third kappa shape index (κ3) is 8.30. The quantitative estimate of drug-likeness (QED) is 0.113. The van der Waals surface area contributed by atoms with Crippen LogP contribution in [0.1, 0.15) is 92.9 Å². The van der Waals surface area contributed by atoms with Crippen molar-refractivity contribution in [2.75, 3.05) is 13.2 Å². The molecule has 63 heavy (non-hydrogen) atoms. The summed E-state index contributed by atoms with van der Waals surface area (Å²) in [6.45, 7) is 11.3. The van der Waals surface area contributed by atoms with E-state index in [1.165, 1.54) is 6.92 Å². The monoisotopic (exact) mass is 902 g/mol. The molecule has 0 amide bonds. The Labute approximate surface area is 369 Å². The third-order valence-electron chi connectivity index (χ3n) is 17.4. The van der Waals surface area contributed by atoms with Gasteiger partial charge >= 0.3 is 0 Å². The molecule has 362 valence electrons. The summed E-state index contributed by atoms with van der Waals surface area (Å²) in [5.74, 6) is -0.820. The molecule has 8 rings (SSSR count). The van der Waals surface area contributed by atoms with Gasteiger partial charge in [0.25, 0.3) is 0 Å². The molecule has 4 heterocycles. The molecular weight excluding hydrogens is 828 g/mol. The summed E-state index contributed by atoms with van der Waals surface area (Å²) >= 11 is 0. The lowest BCUT2D eigenvalue weighted by Gasteiger charge is -2.60. The molecule has 27 atom stereocenters. The van der Waals surface area contributed by atoms with Crippen molar-refractivity contribution < 1.29 is 89.3 Å². The normalized spacial score (nSPS) is 56.2. The van der Waals surface area contributed by atoms with Crippen LogP contribution in [0.15, 0.2) is 11.6 Å². The zero-order valence-corrected chi connectivity index (χ0v) is 37.3. The largest absolute Gasteiger partial charge is 0.394 e. The maximum atomic E-state index is 12.1. The van der Waals surface area contributed by atoms with Gasteiger partial charge in [0.05, 0.1) is 43.7 Å². The highest BCUT2D eigenvalue weighted by atomic mass is 16.8. The molecular formula is C45H74O18. The van der Waals surface area contributed by atoms with E-state index < -0.39 is 122 Å². The van der Waals surface area contributed by atoms with Crippen LogP contribution in [0.4, 0.5) is 0 Å². The highest BCUT2D eigenvalue weighted by Crippen LogP contribution is 2.70. The number of hydrogen-bond donors (Lipinski definition) is 11. The van der Waals surface area contributed by atoms with Crippen LogP contribution in [0, 0.1) is 46.3 Å². The van der Waals surface area contributed by atoms with Crippen LogP contribution in [-0.4, -0.2) is 186 Å². The Hall–Kier alpha value is -0.980. The smallest absolute Gasteiger partial charge is 0.187 e. The summed E-state index contributed by atoms with van der Waals surface area (Å²) in [6.07, 6.45) is -14.6. The third-order valence-corrected chi connectivity index (χ3v) is 17.4. The van der Waals surface area contributed by atoms with E-state index in [9.17, 15) is 56.2 Å². The Morgan fingerprint density at radius 1 is 0.762 bits per heavy atom. The molecule has 18 heteroatoms. The average Bonchev–Trinajstić information content (AvgIpc) is 3.68. The molecule has 7 fully saturated rings. The second-order valence-electron chi connectivity index (χ2n) is 21.1. The van der Waals surface area contributed by atoms with E-state index in [1.807, 2.05) is 6.92 Å². The Balaban J connectivity index is 0.957. The highest BCUT2D eigenvalue weighted by molar-refractivity contribution is 5.29. The zero-order valence-electron chi connectivity index (χ0n) is 37.3. The summed E-state index contributed by atoms with van der Waals surface area (Å²) in [4.78, 5) is 0. The first-order valence-electron chi connectivity index (χ1n) is 23.4. The molecule has 4 aliphatic carbocycles. The number of allylic oxidation sites excluding steroid dienone is 1. The van der Waals surface area contributed by atoms with Crippen LogP contribution in [0.5, 0.6) is 0 Å². The minimum Gasteiger partial charge on any atom is -0.394 e. The Morgan fingerprint density at radius 2 is 1.41 bits per heavy atom. The molecule has 0 spiro atoms. The van der Waals surface area contributed by atoms with Crippen LogP contribution < -0.4 is 0 Å². The van der Waals surface area contributed by atoms with Gasteiger partial charge in [0.15, 0.2) is 24.7 Å². The molecule has 4 saturated heterocycles. The fourth-order valence-electron chi connectivity index (χ4n) is 13.6. The minimum atomic E-state index is -1.71. The fraction of sp³-hybridized carbons (Fsp3) is 0.956. The molecule has 18 nitrogen and oxygen atoms in total. The van der Waals surface area contributed by atoms with E-state index in [0.717, 1.165) is 31.3 Å². The number of hydrogen-bond acceptors (Lipinski definition) is 18. The van der Waals surface area contributed by atoms with Crippen LogP contribution >= 0.6 is 0 Å². The first-order chi connectivity index (χ1) is 29.6. The van der Waals surface area contributed by atoms with Gasteiger partial charge in [0.1, 0.15) is 61.0 Å². The van der Waals surface area contributed by atoms with Crippen LogP contribution in [-0.2, 0) is 33.2 Å². The van der Waals surface area contributed by atoms with Crippen LogP contribution in [0.3, 0.4) is 0 Å².